The monoisotopic (exact) mass is 481 g/mol. The SMILES string of the molecule is Cc1cc(N2CCOc3ccc(O[C@H]4CCN(C(=O)c5cn(C)cn5)C4)cc32)cnc1S(C)=O. The van der Waals surface area contributed by atoms with Gasteiger partial charge in [0.1, 0.15) is 34.9 Å². The number of rotatable bonds is 5. The summed E-state index contributed by atoms with van der Waals surface area (Å²) >= 11 is 0. The molecule has 3 aromatic rings. The van der Waals surface area contributed by atoms with Crippen molar-refractivity contribution in [3.63, 3.8) is 0 Å². The molecule has 1 fully saturated rings. The van der Waals surface area contributed by atoms with Gasteiger partial charge in [-0.3, -0.25) is 9.00 Å². The van der Waals surface area contributed by atoms with Crippen LogP contribution >= 0.6 is 0 Å². The van der Waals surface area contributed by atoms with Crippen molar-refractivity contribution in [2.75, 3.05) is 37.4 Å². The Morgan fingerprint density at radius 3 is 2.82 bits per heavy atom. The summed E-state index contributed by atoms with van der Waals surface area (Å²) in [6.45, 7) is 4.30. The molecule has 2 aliphatic rings. The third-order valence-corrected chi connectivity index (χ3v) is 7.02. The van der Waals surface area contributed by atoms with Crippen LogP contribution < -0.4 is 14.4 Å². The first kappa shape index (κ1) is 22.4. The number of hydrogen-bond donors (Lipinski definition) is 0. The van der Waals surface area contributed by atoms with Crippen LogP contribution in [0.2, 0.25) is 0 Å². The van der Waals surface area contributed by atoms with Crippen LogP contribution in [-0.2, 0) is 17.8 Å². The molecule has 10 heteroatoms. The number of ether oxygens (including phenoxy) is 2. The van der Waals surface area contributed by atoms with Gasteiger partial charge in [-0.25, -0.2) is 9.97 Å². The zero-order valence-electron chi connectivity index (χ0n) is 19.4. The van der Waals surface area contributed by atoms with Gasteiger partial charge in [0.05, 0.1) is 47.8 Å². The number of nitrogens with zero attached hydrogens (tertiary/aromatic N) is 5. The molecule has 5 rings (SSSR count). The molecule has 0 spiro atoms. The number of benzene rings is 1. The van der Waals surface area contributed by atoms with E-state index in [4.69, 9.17) is 9.47 Å². The molecule has 2 aliphatic heterocycles. The van der Waals surface area contributed by atoms with Gasteiger partial charge >= 0.3 is 0 Å². The van der Waals surface area contributed by atoms with Crippen LogP contribution in [0.4, 0.5) is 11.4 Å². The van der Waals surface area contributed by atoms with Gasteiger partial charge in [0.2, 0.25) is 0 Å². The van der Waals surface area contributed by atoms with Gasteiger partial charge in [-0.1, -0.05) is 0 Å². The summed E-state index contributed by atoms with van der Waals surface area (Å²) in [7, 11) is 0.716. The fourth-order valence-electron chi connectivity index (χ4n) is 4.42. The standard InChI is InChI=1S/C24H27N5O4S/c1-16-10-17(12-25-23(16)34(3)31)29-8-9-32-22-5-4-18(11-21(22)29)33-19-6-7-28(13-19)24(30)20-14-27(2)15-26-20/h4-5,10-12,14-15,19H,6-9,13H2,1-3H3/t19-,34?/m0/s1. The second-order valence-electron chi connectivity index (χ2n) is 8.60. The van der Waals surface area contributed by atoms with Crippen molar-refractivity contribution in [1.82, 2.24) is 19.4 Å². The Morgan fingerprint density at radius 2 is 2.09 bits per heavy atom. The second kappa shape index (κ2) is 9.09. The molecule has 0 N–H and O–H groups in total. The number of likely N-dealkylation sites (tertiary alicyclic amines) is 1. The molecule has 1 aromatic carbocycles. The van der Waals surface area contributed by atoms with E-state index >= 15 is 0 Å². The number of aromatic nitrogens is 3. The Morgan fingerprint density at radius 1 is 1.24 bits per heavy atom. The average molecular weight is 482 g/mol. The summed E-state index contributed by atoms with van der Waals surface area (Å²) < 4.78 is 25.8. The first-order valence-electron chi connectivity index (χ1n) is 11.2. The van der Waals surface area contributed by atoms with Crippen molar-refractivity contribution in [1.29, 1.82) is 0 Å². The Kier molecular flexibility index (Phi) is 5.99. The molecule has 2 aromatic heterocycles. The van der Waals surface area contributed by atoms with Gasteiger partial charge in [-0.05, 0) is 30.7 Å². The first-order chi connectivity index (χ1) is 16.4. The Labute approximate surface area is 200 Å². The molecule has 0 aliphatic carbocycles. The van der Waals surface area contributed by atoms with E-state index in [9.17, 15) is 9.00 Å². The van der Waals surface area contributed by atoms with Gasteiger partial charge in [0.15, 0.2) is 0 Å². The smallest absolute Gasteiger partial charge is 0.274 e. The number of amides is 1. The van der Waals surface area contributed by atoms with Crippen LogP contribution in [0.3, 0.4) is 0 Å². The minimum Gasteiger partial charge on any atom is -0.490 e. The van der Waals surface area contributed by atoms with Crippen molar-refractivity contribution in [3.8, 4) is 11.5 Å². The zero-order chi connectivity index (χ0) is 23.8. The molecule has 1 saturated heterocycles. The van der Waals surface area contributed by atoms with Crippen molar-refractivity contribution in [3.05, 3.63) is 54.2 Å². The first-order valence-corrected chi connectivity index (χ1v) is 12.7. The fraction of sp³-hybridized carbons (Fsp3) is 0.375. The molecule has 9 nitrogen and oxygen atoms in total. The van der Waals surface area contributed by atoms with Crippen LogP contribution in [0.5, 0.6) is 11.5 Å². The molecular formula is C24H27N5O4S. The van der Waals surface area contributed by atoms with E-state index in [1.807, 2.05) is 38.2 Å². The molecular weight excluding hydrogens is 454 g/mol. The maximum atomic E-state index is 12.7. The van der Waals surface area contributed by atoms with E-state index in [-0.39, 0.29) is 12.0 Å². The largest absolute Gasteiger partial charge is 0.490 e. The molecule has 1 amide bonds. The number of anilines is 2. The second-order valence-corrected chi connectivity index (χ2v) is 9.90. The van der Waals surface area contributed by atoms with E-state index in [1.165, 1.54) is 0 Å². The molecule has 2 atom stereocenters. The van der Waals surface area contributed by atoms with Gasteiger partial charge < -0.3 is 23.8 Å². The third kappa shape index (κ3) is 4.37. The number of carbonyl (C=O) groups is 1. The number of pyridine rings is 1. The van der Waals surface area contributed by atoms with Crippen LogP contribution in [0.15, 0.2) is 48.0 Å². The van der Waals surface area contributed by atoms with Crippen LogP contribution in [-0.4, -0.2) is 68.2 Å². The number of imidazole rings is 1. The van der Waals surface area contributed by atoms with Crippen LogP contribution in [0.1, 0.15) is 22.5 Å². The van der Waals surface area contributed by atoms with Gasteiger partial charge in [-0.15, -0.1) is 0 Å². The average Bonchev–Trinajstić information content (AvgIpc) is 3.47. The topological polar surface area (TPSA) is 89.8 Å². The van der Waals surface area contributed by atoms with E-state index in [0.717, 1.165) is 34.9 Å². The number of hydrogen-bond acceptors (Lipinski definition) is 7. The predicted octanol–water partition coefficient (Wildman–Crippen LogP) is 2.68. The van der Waals surface area contributed by atoms with E-state index in [0.29, 0.717) is 37.0 Å². The highest BCUT2D eigenvalue weighted by Gasteiger charge is 2.30. The lowest BCUT2D eigenvalue weighted by Crippen LogP contribution is -2.31. The molecule has 4 heterocycles. The summed E-state index contributed by atoms with van der Waals surface area (Å²) in [5.74, 6) is 1.43. The summed E-state index contributed by atoms with van der Waals surface area (Å²) in [4.78, 5) is 25.2. The van der Waals surface area contributed by atoms with E-state index < -0.39 is 10.8 Å². The number of aryl methyl sites for hydroxylation is 2. The highest BCUT2D eigenvalue weighted by atomic mass is 32.2. The third-order valence-electron chi connectivity index (χ3n) is 6.05. The summed E-state index contributed by atoms with van der Waals surface area (Å²) in [6.07, 6.45) is 7.42. The lowest BCUT2D eigenvalue weighted by Gasteiger charge is -2.32. The lowest BCUT2D eigenvalue weighted by molar-refractivity contribution is 0.0767. The van der Waals surface area contributed by atoms with Gasteiger partial charge in [-0.2, -0.15) is 0 Å². The molecule has 1 unspecified atom stereocenters. The predicted molar refractivity (Wildman–Crippen MR) is 128 cm³/mol. The van der Waals surface area contributed by atoms with Crippen molar-refractivity contribution < 1.29 is 18.5 Å². The van der Waals surface area contributed by atoms with Crippen LogP contribution in [0.25, 0.3) is 0 Å². The highest BCUT2D eigenvalue weighted by Crippen LogP contribution is 2.39. The van der Waals surface area contributed by atoms with E-state index in [1.54, 1.807) is 34.4 Å². The fourth-order valence-corrected chi connectivity index (χ4v) is 5.14. The molecule has 34 heavy (non-hydrogen) atoms. The van der Waals surface area contributed by atoms with Gasteiger partial charge in [0, 0.05) is 38.5 Å². The molecule has 0 radical (unpaired) electrons. The number of fused-ring (bicyclic) bond motifs is 1. The Bertz CT molecular complexity index is 1260. The lowest BCUT2D eigenvalue weighted by atomic mass is 10.2. The molecule has 0 bridgehead atoms. The minimum absolute atomic E-state index is 0.0731. The summed E-state index contributed by atoms with van der Waals surface area (Å²) in [5.41, 5.74) is 3.16. The molecule has 178 valence electrons. The highest BCUT2D eigenvalue weighted by molar-refractivity contribution is 7.84. The Balaban J connectivity index is 1.32. The Hall–Kier alpha value is -3.40. The van der Waals surface area contributed by atoms with Crippen LogP contribution in [0, 0.1) is 6.92 Å². The maximum absolute atomic E-state index is 12.7. The normalized spacial score (nSPS) is 18.4. The van der Waals surface area contributed by atoms with E-state index in [2.05, 4.69) is 14.9 Å². The summed E-state index contributed by atoms with van der Waals surface area (Å²) in [5, 5.41) is 0.598. The molecule has 0 saturated carbocycles. The van der Waals surface area contributed by atoms with Crippen molar-refractivity contribution in [2.45, 2.75) is 24.5 Å². The quantitative estimate of drug-likeness (QED) is 0.553. The number of carbonyl (C=O) groups excluding carboxylic acids is 1. The zero-order valence-corrected chi connectivity index (χ0v) is 20.2. The maximum Gasteiger partial charge on any atom is 0.274 e. The van der Waals surface area contributed by atoms with Crippen molar-refractivity contribution in [2.24, 2.45) is 7.05 Å². The van der Waals surface area contributed by atoms with Crippen molar-refractivity contribution >= 4 is 28.1 Å². The van der Waals surface area contributed by atoms with Gasteiger partial charge in [0.25, 0.3) is 5.91 Å². The minimum atomic E-state index is -1.13. The summed E-state index contributed by atoms with van der Waals surface area (Å²) in [6, 6.07) is 7.79.